The molecule has 0 spiro atoms. The molecule has 1 heterocycles. The molecule has 1 aliphatic carbocycles. The minimum atomic E-state index is -4.00. The Bertz CT molecular complexity index is 1150. The monoisotopic (exact) mass is 456 g/mol. The van der Waals surface area contributed by atoms with Gasteiger partial charge in [-0.15, -0.1) is 0 Å². The van der Waals surface area contributed by atoms with E-state index in [-0.39, 0.29) is 30.9 Å². The van der Waals surface area contributed by atoms with Gasteiger partial charge in [0.1, 0.15) is 11.4 Å². The van der Waals surface area contributed by atoms with Gasteiger partial charge < -0.3 is 14.4 Å². The van der Waals surface area contributed by atoms with Gasteiger partial charge in [-0.25, -0.2) is 8.42 Å². The molecule has 0 aliphatic heterocycles. The molecular formula is C24H28N2O5S. The van der Waals surface area contributed by atoms with Crippen LogP contribution in [0.5, 0.6) is 5.75 Å². The summed E-state index contributed by atoms with van der Waals surface area (Å²) in [6, 6.07) is 16.4. The fourth-order valence-corrected chi connectivity index (χ4v) is 5.25. The number of aliphatic hydroxyl groups excluding tert-OH is 1. The zero-order valence-electron chi connectivity index (χ0n) is 18.1. The number of para-hydroxylation sites is 1. The van der Waals surface area contributed by atoms with Crippen molar-refractivity contribution in [3.8, 4) is 17.0 Å². The molecule has 1 saturated carbocycles. The number of sulfonamides is 1. The van der Waals surface area contributed by atoms with E-state index in [2.05, 4.69) is 5.16 Å². The number of hydrogen-bond donors (Lipinski definition) is 1. The third-order valence-electron chi connectivity index (χ3n) is 5.80. The lowest BCUT2D eigenvalue weighted by atomic mass is 10.1. The Morgan fingerprint density at radius 2 is 1.84 bits per heavy atom. The highest BCUT2D eigenvalue weighted by Gasteiger charge is 2.30. The summed E-state index contributed by atoms with van der Waals surface area (Å²) in [5, 5.41) is 13.3. The van der Waals surface area contributed by atoms with E-state index in [4.69, 9.17) is 9.26 Å². The van der Waals surface area contributed by atoms with E-state index in [1.807, 2.05) is 55.5 Å². The molecule has 1 aromatic heterocycles. The van der Waals surface area contributed by atoms with Gasteiger partial charge in [-0.1, -0.05) is 41.6 Å². The Balaban J connectivity index is 1.61. The van der Waals surface area contributed by atoms with E-state index in [0.717, 1.165) is 36.8 Å². The van der Waals surface area contributed by atoms with Gasteiger partial charge in [-0.3, -0.25) is 0 Å². The molecule has 0 unspecified atom stereocenters. The summed E-state index contributed by atoms with van der Waals surface area (Å²) in [7, 11) is -4.00. The van der Waals surface area contributed by atoms with Gasteiger partial charge in [0.2, 0.25) is 0 Å². The Kier molecular flexibility index (Phi) is 6.93. The molecule has 0 atom stereocenters. The molecule has 0 amide bonds. The van der Waals surface area contributed by atoms with E-state index < -0.39 is 10.0 Å². The number of benzene rings is 2. The summed E-state index contributed by atoms with van der Waals surface area (Å²) >= 11 is 0. The van der Waals surface area contributed by atoms with Gasteiger partial charge in [0.05, 0.1) is 12.7 Å². The first-order valence-electron chi connectivity index (χ1n) is 10.9. The zero-order valence-corrected chi connectivity index (χ0v) is 18.9. The van der Waals surface area contributed by atoms with Crippen molar-refractivity contribution < 1.29 is 22.8 Å². The van der Waals surface area contributed by atoms with Crippen molar-refractivity contribution >= 4 is 10.0 Å². The third kappa shape index (κ3) is 4.87. The van der Waals surface area contributed by atoms with E-state index >= 15 is 0 Å². The Hall–Kier alpha value is -2.68. The van der Waals surface area contributed by atoms with E-state index in [1.165, 1.54) is 10.4 Å². The maximum Gasteiger partial charge on any atom is 0.279 e. The predicted molar refractivity (Wildman–Crippen MR) is 121 cm³/mol. The summed E-state index contributed by atoms with van der Waals surface area (Å²) in [4.78, 5) is 0. The first-order chi connectivity index (χ1) is 15.5. The smallest absolute Gasteiger partial charge is 0.279 e. The number of rotatable bonds is 9. The first kappa shape index (κ1) is 22.5. The number of aryl methyl sites for hydroxylation is 1. The first-order valence-corrected chi connectivity index (χ1v) is 12.3. The highest BCUT2D eigenvalue weighted by atomic mass is 32.2. The summed E-state index contributed by atoms with van der Waals surface area (Å²) < 4.78 is 39.2. The molecule has 0 bridgehead atoms. The molecule has 7 nitrogen and oxygen atoms in total. The second-order valence-corrected chi connectivity index (χ2v) is 9.91. The van der Waals surface area contributed by atoms with Crippen molar-refractivity contribution in [3.05, 3.63) is 65.7 Å². The maximum atomic E-state index is 13.3. The van der Waals surface area contributed by atoms with Crippen LogP contribution < -0.4 is 4.74 Å². The van der Waals surface area contributed by atoms with Crippen LogP contribution in [-0.4, -0.2) is 42.2 Å². The van der Waals surface area contributed by atoms with E-state index in [9.17, 15) is 13.5 Å². The standard InChI is InChI=1S/C24H28N2O5S/c1-18-8-2-3-9-19(18)17-26(14-15-27)32(28,29)24-16-22(25-31-24)21-12-6-7-13-23(21)30-20-10-4-5-11-20/h2-3,6-9,12-13,16,20,27H,4-5,10-11,14-15,17H2,1H3. The number of hydrogen-bond acceptors (Lipinski definition) is 6. The van der Waals surface area contributed by atoms with Gasteiger partial charge in [0.15, 0.2) is 0 Å². The second kappa shape index (κ2) is 9.85. The molecular weight excluding hydrogens is 428 g/mol. The lowest BCUT2D eigenvalue weighted by Gasteiger charge is -2.20. The molecule has 8 heteroatoms. The van der Waals surface area contributed by atoms with E-state index in [0.29, 0.717) is 17.0 Å². The van der Waals surface area contributed by atoms with Gasteiger partial charge in [0, 0.05) is 24.7 Å². The van der Waals surface area contributed by atoms with Gasteiger partial charge in [0.25, 0.3) is 15.1 Å². The topological polar surface area (TPSA) is 92.9 Å². The Morgan fingerprint density at radius 1 is 1.12 bits per heavy atom. The number of nitrogens with zero attached hydrogens (tertiary/aromatic N) is 2. The van der Waals surface area contributed by atoms with Crippen LogP contribution >= 0.6 is 0 Å². The quantitative estimate of drug-likeness (QED) is 0.520. The lowest BCUT2D eigenvalue weighted by molar-refractivity contribution is 0.211. The van der Waals surface area contributed by atoms with Gasteiger partial charge in [-0.05, 0) is 55.9 Å². The van der Waals surface area contributed by atoms with Gasteiger partial charge in [-0.2, -0.15) is 4.31 Å². The summed E-state index contributed by atoms with van der Waals surface area (Å²) in [5.41, 5.74) is 2.93. The molecule has 1 N–H and O–H groups in total. The average Bonchev–Trinajstić information content (AvgIpc) is 3.48. The molecule has 170 valence electrons. The van der Waals surface area contributed by atoms with E-state index in [1.54, 1.807) is 0 Å². The number of ether oxygens (including phenoxy) is 1. The minimum Gasteiger partial charge on any atom is -0.490 e. The van der Waals surface area contributed by atoms with Crippen molar-refractivity contribution in [2.45, 2.75) is 50.3 Å². The van der Waals surface area contributed by atoms with Crippen molar-refractivity contribution in [2.24, 2.45) is 0 Å². The fourth-order valence-electron chi connectivity index (χ4n) is 3.97. The van der Waals surface area contributed by atoms with Crippen LogP contribution in [-0.2, 0) is 16.6 Å². The molecule has 1 fully saturated rings. The minimum absolute atomic E-state index is 0.0475. The third-order valence-corrected chi connectivity index (χ3v) is 7.49. The van der Waals surface area contributed by atoms with Crippen molar-refractivity contribution in [1.82, 2.24) is 9.46 Å². The van der Waals surface area contributed by atoms with Crippen LogP contribution in [0.3, 0.4) is 0 Å². The van der Waals surface area contributed by atoms with Gasteiger partial charge >= 0.3 is 0 Å². The molecule has 0 radical (unpaired) electrons. The highest BCUT2D eigenvalue weighted by Crippen LogP contribution is 2.34. The predicted octanol–water partition coefficient (Wildman–Crippen LogP) is 4.15. The van der Waals surface area contributed by atoms with Crippen LogP contribution in [0.1, 0.15) is 36.8 Å². The number of aromatic nitrogens is 1. The Morgan fingerprint density at radius 3 is 2.59 bits per heavy atom. The second-order valence-electron chi connectivity index (χ2n) is 8.04. The van der Waals surface area contributed by atoms with Crippen LogP contribution in [0, 0.1) is 6.92 Å². The van der Waals surface area contributed by atoms with Crippen molar-refractivity contribution in [2.75, 3.05) is 13.2 Å². The molecule has 3 aromatic rings. The molecule has 4 rings (SSSR count). The lowest BCUT2D eigenvalue weighted by Crippen LogP contribution is -2.33. The van der Waals surface area contributed by atoms with Crippen molar-refractivity contribution in [1.29, 1.82) is 0 Å². The highest BCUT2D eigenvalue weighted by molar-refractivity contribution is 7.89. The molecule has 2 aromatic carbocycles. The largest absolute Gasteiger partial charge is 0.490 e. The average molecular weight is 457 g/mol. The Labute approximate surface area is 188 Å². The summed E-state index contributed by atoms with van der Waals surface area (Å²) in [6.45, 7) is 1.71. The fraction of sp³-hybridized carbons (Fsp3) is 0.375. The van der Waals surface area contributed by atoms with Crippen LogP contribution in [0.25, 0.3) is 11.3 Å². The molecule has 32 heavy (non-hydrogen) atoms. The number of aliphatic hydroxyl groups is 1. The van der Waals surface area contributed by atoms with Crippen LogP contribution in [0.2, 0.25) is 0 Å². The molecule has 1 aliphatic rings. The normalized spacial score (nSPS) is 14.8. The van der Waals surface area contributed by atoms with Crippen molar-refractivity contribution in [3.63, 3.8) is 0 Å². The SMILES string of the molecule is Cc1ccccc1CN(CCO)S(=O)(=O)c1cc(-c2ccccc2OC2CCCC2)no1. The maximum absolute atomic E-state index is 13.3. The zero-order chi connectivity index (χ0) is 22.6. The summed E-state index contributed by atoms with van der Waals surface area (Å²) in [5.74, 6) is 0.670. The summed E-state index contributed by atoms with van der Waals surface area (Å²) in [6.07, 6.45) is 4.51. The van der Waals surface area contributed by atoms with Crippen LogP contribution in [0.15, 0.2) is 64.2 Å². The molecule has 0 saturated heterocycles. The van der Waals surface area contributed by atoms with Crippen LogP contribution in [0.4, 0.5) is 0 Å².